The monoisotopic (exact) mass is 403 g/mol. The summed E-state index contributed by atoms with van der Waals surface area (Å²) >= 11 is 0. The minimum atomic E-state index is -3.68. The second-order valence-corrected chi connectivity index (χ2v) is 9.04. The van der Waals surface area contributed by atoms with Gasteiger partial charge in [0.1, 0.15) is 0 Å². The number of anilines is 1. The molecule has 3 heterocycles. The fourth-order valence-electron chi connectivity index (χ4n) is 3.47. The predicted molar refractivity (Wildman–Crippen MR) is 114 cm³/mol. The largest absolute Gasteiger partial charge is 0.378 e. The Kier molecular flexibility index (Phi) is 6.25. The Labute approximate surface area is 167 Å². The highest BCUT2D eigenvalue weighted by molar-refractivity contribution is 7.93. The number of hydrogen-bond donors (Lipinski definition) is 0. The molecule has 0 saturated carbocycles. The van der Waals surface area contributed by atoms with E-state index in [0.717, 1.165) is 41.7 Å². The van der Waals surface area contributed by atoms with Gasteiger partial charge in [0.15, 0.2) is 5.65 Å². The van der Waals surface area contributed by atoms with E-state index in [-0.39, 0.29) is 0 Å². The van der Waals surface area contributed by atoms with E-state index in [1.807, 2.05) is 39.8 Å². The Balaban J connectivity index is 2.20. The zero-order chi connectivity index (χ0) is 20.3. The molecule has 0 amide bonds. The van der Waals surface area contributed by atoms with Gasteiger partial charge in [0.05, 0.1) is 18.1 Å². The molecule has 3 rings (SSSR count). The van der Waals surface area contributed by atoms with Crippen molar-refractivity contribution in [2.24, 2.45) is 0 Å². The molecule has 0 aromatic carbocycles. The smallest absolute Gasteiger partial charge is 0.265 e. The molecule has 0 bridgehead atoms. The molecule has 7 heteroatoms. The lowest BCUT2D eigenvalue weighted by Crippen LogP contribution is -2.36. The zero-order valence-corrected chi connectivity index (χ0v) is 17.9. The molecule has 28 heavy (non-hydrogen) atoms. The van der Waals surface area contributed by atoms with Crippen LogP contribution in [0.4, 0.5) is 5.69 Å². The van der Waals surface area contributed by atoms with Crippen LogP contribution < -0.4 is 4.90 Å². The van der Waals surface area contributed by atoms with Crippen molar-refractivity contribution in [3.8, 4) is 0 Å². The van der Waals surface area contributed by atoms with Gasteiger partial charge in [-0.05, 0) is 44.4 Å². The lowest BCUT2D eigenvalue weighted by atomic mass is 10.1. The van der Waals surface area contributed by atoms with Crippen molar-refractivity contribution in [3.63, 3.8) is 0 Å². The number of allylic oxidation sites excluding steroid dienone is 4. The van der Waals surface area contributed by atoms with E-state index in [1.54, 1.807) is 18.5 Å². The van der Waals surface area contributed by atoms with E-state index in [0.29, 0.717) is 30.2 Å². The van der Waals surface area contributed by atoms with E-state index in [9.17, 15) is 8.42 Å². The summed E-state index contributed by atoms with van der Waals surface area (Å²) < 4.78 is 33.6. The second-order valence-electron chi connectivity index (χ2n) is 7.17. The van der Waals surface area contributed by atoms with E-state index in [1.165, 1.54) is 3.97 Å². The van der Waals surface area contributed by atoms with Gasteiger partial charge in [0.2, 0.25) is 0 Å². The molecule has 6 nitrogen and oxygen atoms in total. The molecule has 2 aromatic heterocycles. The van der Waals surface area contributed by atoms with Gasteiger partial charge < -0.3 is 9.64 Å². The Bertz CT molecular complexity index is 1010. The summed E-state index contributed by atoms with van der Waals surface area (Å²) in [6.45, 7) is 10.7. The molecule has 0 radical (unpaired) electrons. The third kappa shape index (κ3) is 3.86. The second kappa shape index (κ2) is 8.49. The van der Waals surface area contributed by atoms with Gasteiger partial charge in [0, 0.05) is 36.6 Å². The molecule has 1 aliphatic heterocycles. The Hall–Kier alpha value is -2.12. The highest BCUT2D eigenvalue weighted by atomic mass is 32.2. The first-order valence-electron chi connectivity index (χ1n) is 9.81. The van der Waals surface area contributed by atoms with Crippen LogP contribution in [-0.4, -0.2) is 43.7 Å². The maximum atomic E-state index is 13.4. The van der Waals surface area contributed by atoms with Crippen molar-refractivity contribution in [1.29, 1.82) is 0 Å². The maximum absolute atomic E-state index is 13.4. The average Bonchev–Trinajstić information content (AvgIpc) is 3.08. The molecule has 2 aromatic rings. The average molecular weight is 404 g/mol. The quantitative estimate of drug-likeness (QED) is 0.685. The SMILES string of the molecule is CCC(=CC=C(C)C)S(=O)(=O)n1cc(CC)c2c(N3CCOCC3)ccnc21. The van der Waals surface area contributed by atoms with Crippen molar-refractivity contribution >= 4 is 26.7 Å². The summed E-state index contributed by atoms with van der Waals surface area (Å²) in [4.78, 5) is 7.10. The van der Waals surface area contributed by atoms with Crippen LogP contribution in [0, 0.1) is 0 Å². The van der Waals surface area contributed by atoms with Gasteiger partial charge in [-0.1, -0.05) is 25.5 Å². The first-order chi connectivity index (χ1) is 13.4. The van der Waals surface area contributed by atoms with Crippen molar-refractivity contribution in [2.75, 3.05) is 31.2 Å². The van der Waals surface area contributed by atoms with Crippen molar-refractivity contribution < 1.29 is 13.2 Å². The number of hydrogen-bond acceptors (Lipinski definition) is 5. The zero-order valence-electron chi connectivity index (χ0n) is 17.1. The van der Waals surface area contributed by atoms with Gasteiger partial charge in [0.25, 0.3) is 10.0 Å². The van der Waals surface area contributed by atoms with Crippen LogP contribution in [0.25, 0.3) is 11.0 Å². The number of nitrogens with zero attached hydrogens (tertiary/aromatic N) is 3. The fourth-order valence-corrected chi connectivity index (χ4v) is 4.96. The predicted octanol–water partition coefficient (Wildman–Crippen LogP) is 3.87. The van der Waals surface area contributed by atoms with Gasteiger partial charge in [-0.25, -0.2) is 17.4 Å². The van der Waals surface area contributed by atoms with Crippen LogP contribution in [0.5, 0.6) is 0 Å². The molecule has 152 valence electrons. The summed E-state index contributed by atoms with van der Waals surface area (Å²) in [5.41, 5.74) is 3.58. The van der Waals surface area contributed by atoms with Gasteiger partial charge in [-0.2, -0.15) is 0 Å². The highest BCUT2D eigenvalue weighted by Crippen LogP contribution is 2.33. The first kappa shape index (κ1) is 20.6. The van der Waals surface area contributed by atoms with Crippen molar-refractivity contribution in [2.45, 2.75) is 40.5 Å². The normalized spacial score (nSPS) is 15.9. The third-order valence-electron chi connectivity index (χ3n) is 4.99. The molecule has 0 N–H and O–H groups in total. The summed E-state index contributed by atoms with van der Waals surface area (Å²) in [5.74, 6) is 0. The van der Waals surface area contributed by atoms with E-state index < -0.39 is 10.0 Å². The van der Waals surface area contributed by atoms with Gasteiger partial charge in [-0.3, -0.25) is 0 Å². The van der Waals surface area contributed by atoms with E-state index >= 15 is 0 Å². The first-order valence-corrected chi connectivity index (χ1v) is 11.2. The Morgan fingerprint density at radius 2 is 1.93 bits per heavy atom. The topological polar surface area (TPSA) is 64.4 Å². The molecular formula is C21H29N3O3S. The molecule has 0 aliphatic carbocycles. The number of ether oxygens (including phenoxy) is 1. The maximum Gasteiger partial charge on any atom is 0.265 e. The summed E-state index contributed by atoms with van der Waals surface area (Å²) in [6.07, 6.45) is 8.15. The standard InChI is InChI=1S/C21H29N3O3S/c1-5-17-15-24(28(25,26)18(6-2)8-7-16(3)4)21-20(17)19(9-10-22-21)23-11-13-27-14-12-23/h7-10,15H,5-6,11-14H2,1-4H3. The third-order valence-corrected chi connectivity index (χ3v) is 6.87. The highest BCUT2D eigenvalue weighted by Gasteiger charge is 2.25. The van der Waals surface area contributed by atoms with E-state index in [2.05, 4.69) is 9.88 Å². The molecule has 1 aliphatic rings. The number of rotatable bonds is 6. The fraction of sp³-hybridized carbons (Fsp3) is 0.476. The molecular weight excluding hydrogens is 374 g/mol. The molecule has 0 atom stereocenters. The van der Waals surface area contributed by atoms with Crippen LogP contribution in [0.15, 0.2) is 41.1 Å². The van der Waals surface area contributed by atoms with Crippen molar-refractivity contribution in [1.82, 2.24) is 8.96 Å². The molecule has 0 spiro atoms. The summed E-state index contributed by atoms with van der Waals surface area (Å²) in [6, 6.07) is 1.98. The number of fused-ring (bicyclic) bond motifs is 1. The summed E-state index contributed by atoms with van der Waals surface area (Å²) in [7, 11) is -3.68. The number of pyridine rings is 1. The molecule has 1 fully saturated rings. The van der Waals surface area contributed by atoms with Gasteiger partial charge in [-0.15, -0.1) is 0 Å². The van der Waals surface area contributed by atoms with Crippen LogP contribution in [0.2, 0.25) is 0 Å². The number of morpholine rings is 1. The van der Waals surface area contributed by atoms with Crippen LogP contribution >= 0.6 is 0 Å². The minimum Gasteiger partial charge on any atom is -0.378 e. The lowest BCUT2D eigenvalue weighted by Gasteiger charge is -2.29. The van der Waals surface area contributed by atoms with Crippen LogP contribution in [-0.2, 0) is 21.2 Å². The summed E-state index contributed by atoms with van der Waals surface area (Å²) in [5, 5.41) is 0.924. The van der Waals surface area contributed by atoms with Gasteiger partial charge >= 0.3 is 0 Å². The Morgan fingerprint density at radius 1 is 1.21 bits per heavy atom. The lowest BCUT2D eigenvalue weighted by molar-refractivity contribution is 0.123. The van der Waals surface area contributed by atoms with Crippen LogP contribution in [0.1, 0.15) is 39.7 Å². The number of aromatic nitrogens is 2. The van der Waals surface area contributed by atoms with Crippen LogP contribution in [0.3, 0.4) is 0 Å². The molecule has 1 saturated heterocycles. The minimum absolute atomic E-state index is 0.381. The van der Waals surface area contributed by atoms with Crippen molar-refractivity contribution in [3.05, 3.63) is 46.7 Å². The Morgan fingerprint density at radius 3 is 2.54 bits per heavy atom. The van der Waals surface area contributed by atoms with E-state index in [4.69, 9.17) is 4.74 Å². The number of aryl methyl sites for hydroxylation is 1. The molecule has 0 unspecified atom stereocenters.